The molecular formula is C15H20N4O. The predicted octanol–water partition coefficient (Wildman–Crippen LogP) is 2.34. The standard InChI is InChI=1S/C15H20N4O/c1-4-16-15(20)12-6-5-7-14(8-12)18-11(2)13-9-17-19(3)10-13/h5-11,18H,4H2,1-3H3,(H,16,20). The zero-order chi connectivity index (χ0) is 14.5. The van der Waals surface area contributed by atoms with Crippen LogP contribution in [0.2, 0.25) is 0 Å². The van der Waals surface area contributed by atoms with Crippen molar-refractivity contribution in [3.63, 3.8) is 0 Å². The first-order valence-corrected chi connectivity index (χ1v) is 6.73. The van der Waals surface area contributed by atoms with Gasteiger partial charge < -0.3 is 10.6 Å². The molecular weight excluding hydrogens is 252 g/mol. The lowest BCUT2D eigenvalue weighted by molar-refractivity contribution is 0.0956. The van der Waals surface area contributed by atoms with E-state index in [2.05, 4.69) is 22.7 Å². The third kappa shape index (κ3) is 3.38. The summed E-state index contributed by atoms with van der Waals surface area (Å²) in [5.74, 6) is -0.0508. The van der Waals surface area contributed by atoms with Crippen molar-refractivity contribution < 1.29 is 4.79 Å². The second kappa shape index (κ2) is 6.23. The minimum absolute atomic E-state index is 0.0508. The monoisotopic (exact) mass is 272 g/mol. The number of aryl methyl sites for hydroxylation is 1. The van der Waals surface area contributed by atoms with Crippen molar-refractivity contribution in [3.8, 4) is 0 Å². The van der Waals surface area contributed by atoms with Crippen LogP contribution in [0, 0.1) is 0 Å². The molecule has 0 aliphatic carbocycles. The molecule has 106 valence electrons. The molecule has 0 saturated carbocycles. The first-order chi connectivity index (χ1) is 9.60. The SMILES string of the molecule is CCNC(=O)c1cccc(NC(C)c2cnn(C)c2)c1. The van der Waals surface area contributed by atoms with Gasteiger partial charge in [0.25, 0.3) is 5.91 Å². The van der Waals surface area contributed by atoms with E-state index in [9.17, 15) is 4.79 Å². The molecule has 2 N–H and O–H groups in total. The van der Waals surface area contributed by atoms with Crippen LogP contribution in [0.4, 0.5) is 5.69 Å². The summed E-state index contributed by atoms with van der Waals surface area (Å²) in [6.45, 7) is 4.60. The number of nitrogens with zero attached hydrogens (tertiary/aromatic N) is 2. The van der Waals surface area contributed by atoms with Crippen LogP contribution in [0.3, 0.4) is 0 Å². The van der Waals surface area contributed by atoms with Crippen LogP contribution in [0.15, 0.2) is 36.7 Å². The molecule has 0 fully saturated rings. The Bertz CT molecular complexity index is 591. The van der Waals surface area contributed by atoms with Crippen LogP contribution in [-0.2, 0) is 7.05 Å². The Morgan fingerprint density at radius 2 is 2.25 bits per heavy atom. The highest BCUT2D eigenvalue weighted by atomic mass is 16.1. The predicted molar refractivity (Wildman–Crippen MR) is 79.7 cm³/mol. The Morgan fingerprint density at radius 3 is 2.90 bits per heavy atom. The molecule has 1 atom stereocenters. The van der Waals surface area contributed by atoms with E-state index in [-0.39, 0.29) is 11.9 Å². The van der Waals surface area contributed by atoms with E-state index in [0.717, 1.165) is 11.3 Å². The Labute approximate surface area is 119 Å². The van der Waals surface area contributed by atoms with Gasteiger partial charge in [-0.15, -0.1) is 0 Å². The van der Waals surface area contributed by atoms with E-state index in [1.165, 1.54) is 0 Å². The van der Waals surface area contributed by atoms with Crippen LogP contribution in [0.25, 0.3) is 0 Å². The van der Waals surface area contributed by atoms with Crippen LogP contribution in [-0.4, -0.2) is 22.2 Å². The Hall–Kier alpha value is -2.30. The quantitative estimate of drug-likeness (QED) is 0.878. The van der Waals surface area contributed by atoms with E-state index in [0.29, 0.717) is 12.1 Å². The van der Waals surface area contributed by atoms with Gasteiger partial charge in [-0.2, -0.15) is 5.10 Å². The number of amides is 1. The summed E-state index contributed by atoms with van der Waals surface area (Å²) < 4.78 is 1.78. The van der Waals surface area contributed by atoms with Crippen molar-refractivity contribution in [3.05, 3.63) is 47.8 Å². The fourth-order valence-electron chi connectivity index (χ4n) is 2.01. The van der Waals surface area contributed by atoms with Crippen molar-refractivity contribution in [1.29, 1.82) is 0 Å². The number of carbonyl (C=O) groups is 1. The number of anilines is 1. The normalized spacial score (nSPS) is 11.9. The van der Waals surface area contributed by atoms with Gasteiger partial charge in [0.2, 0.25) is 0 Å². The number of carbonyl (C=O) groups excluding carboxylic acids is 1. The second-order valence-electron chi connectivity index (χ2n) is 4.75. The fraction of sp³-hybridized carbons (Fsp3) is 0.333. The summed E-state index contributed by atoms with van der Waals surface area (Å²) in [4.78, 5) is 11.8. The van der Waals surface area contributed by atoms with E-state index in [1.54, 1.807) is 4.68 Å². The number of rotatable bonds is 5. The summed E-state index contributed by atoms with van der Waals surface area (Å²) in [7, 11) is 1.89. The number of benzene rings is 1. The summed E-state index contributed by atoms with van der Waals surface area (Å²) in [6.07, 6.45) is 3.82. The van der Waals surface area contributed by atoms with Crippen LogP contribution in [0.5, 0.6) is 0 Å². The molecule has 20 heavy (non-hydrogen) atoms. The van der Waals surface area contributed by atoms with Gasteiger partial charge in [0, 0.05) is 36.6 Å². The van der Waals surface area contributed by atoms with Gasteiger partial charge in [0.05, 0.1) is 12.2 Å². The smallest absolute Gasteiger partial charge is 0.251 e. The van der Waals surface area contributed by atoms with E-state index >= 15 is 0 Å². The second-order valence-corrected chi connectivity index (χ2v) is 4.75. The lowest BCUT2D eigenvalue weighted by Gasteiger charge is -2.14. The maximum atomic E-state index is 11.8. The molecule has 0 saturated heterocycles. The molecule has 1 aromatic heterocycles. The van der Waals surface area contributed by atoms with Crippen LogP contribution >= 0.6 is 0 Å². The molecule has 2 aromatic rings. The number of hydrogen-bond acceptors (Lipinski definition) is 3. The molecule has 1 amide bonds. The maximum Gasteiger partial charge on any atom is 0.251 e. The van der Waals surface area contributed by atoms with Gasteiger partial charge in [-0.05, 0) is 32.0 Å². The van der Waals surface area contributed by atoms with Crippen LogP contribution < -0.4 is 10.6 Å². The van der Waals surface area contributed by atoms with Crippen molar-refractivity contribution in [2.75, 3.05) is 11.9 Å². The third-order valence-corrected chi connectivity index (χ3v) is 3.07. The number of aromatic nitrogens is 2. The Morgan fingerprint density at radius 1 is 1.45 bits per heavy atom. The summed E-state index contributed by atoms with van der Waals surface area (Å²) in [6, 6.07) is 7.63. The Balaban J connectivity index is 2.09. The van der Waals surface area contributed by atoms with E-state index in [1.807, 2.05) is 50.6 Å². The lowest BCUT2D eigenvalue weighted by atomic mass is 10.1. The van der Waals surface area contributed by atoms with Crippen molar-refractivity contribution in [1.82, 2.24) is 15.1 Å². The Kier molecular flexibility index (Phi) is 4.40. The molecule has 5 heteroatoms. The van der Waals surface area contributed by atoms with Crippen molar-refractivity contribution in [2.45, 2.75) is 19.9 Å². The molecule has 2 rings (SSSR count). The number of nitrogens with one attached hydrogen (secondary N) is 2. The third-order valence-electron chi connectivity index (χ3n) is 3.07. The first-order valence-electron chi connectivity index (χ1n) is 6.73. The van der Waals surface area contributed by atoms with E-state index < -0.39 is 0 Å². The zero-order valence-corrected chi connectivity index (χ0v) is 12.1. The minimum atomic E-state index is -0.0508. The van der Waals surface area contributed by atoms with E-state index in [4.69, 9.17) is 0 Å². The molecule has 0 radical (unpaired) electrons. The highest BCUT2D eigenvalue weighted by Gasteiger charge is 2.09. The lowest BCUT2D eigenvalue weighted by Crippen LogP contribution is -2.22. The minimum Gasteiger partial charge on any atom is -0.378 e. The molecule has 0 aliphatic rings. The van der Waals surface area contributed by atoms with Gasteiger partial charge in [-0.3, -0.25) is 9.48 Å². The van der Waals surface area contributed by atoms with Gasteiger partial charge in [-0.1, -0.05) is 6.07 Å². The summed E-state index contributed by atoms with van der Waals surface area (Å²) >= 11 is 0. The van der Waals surface area contributed by atoms with Crippen molar-refractivity contribution >= 4 is 11.6 Å². The molecule has 1 unspecified atom stereocenters. The molecule has 0 bridgehead atoms. The number of hydrogen-bond donors (Lipinski definition) is 2. The molecule has 5 nitrogen and oxygen atoms in total. The summed E-state index contributed by atoms with van der Waals surface area (Å²) in [5, 5.41) is 10.3. The highest BCUT2D eigenvalue weighted by molar-refractivity contribution is 5.95. The maximum absolute atomic E-state index is 11.8. The highest BCUT2D eigenvalue weighted by Crippen LogP contribution is 2.19. The van der Waals surface area contributed by atoms with Gasteiger partial charge >= 0.3 is 0 Å². The van der Waals surface area contributed by atoms with Gasteiger partial charge in [0.1, 0.15) is 0 Å². The topological polar surface area (TPSA) is 59.0 Å². The summed E-state index contributed by atoms with van der Waals surface area (Å²) in [5.41, 5.74) is 2.69. The van der Waals surface area contributed by atoms with Gasteiger partial charge in [0.15, 0.2) is 0 Å². The molecule has 1 heterocycles. The fourth-order valence-corrected chi connectivity index (χ4v) is 2.01. The zero-order valence-electron chi connectivity index (χ0n) is 12.1. The van der Waals surface area contributed by atoms with Crippen molar-refractivity contribution in [2.24, 2.45) is 7.05 Å². The average Bonchev–Trinajstić information content (AvgIpc) is 2.86. The largest absolute Gasteiger partial charge is 0.378 e. The van der Waals surface area contributed by atoms with Crippen LogP contribution in [0.1, 0.15) is 35.8 Å². The molecule has 0 aliphatic heterocycles. The molecule has 1 aromatic carbocycles. The average molecular weight is 272 g/mol. The van der Waals surface area contributed by atoms with Gasteiger partial charge in [-0.25, -0.2) is 0 Å². The first kappa shape index (κ1) is 14.1. The molecule has 0 spiro atoms.